The Kier molecular flexibility index (Phi) is 6.32. The highest BCUT2D eigenvalue weighted by molar-refractivity contribution is 7.18. The van der Waals surface area contributed by atoms with E-state index in [9.17, 15) is 4.79 Å². The first-order valence-electron chi connectivity index (χ1n) is 8.39. The second kappa shape index (κ2) is 8.89. The summed E-state index contributed by atoms with van der Waals surface area (Å²) in [5.74, 6) is 1.48. The summed E-state index contributed by atoms with van der Waals surface area (Å²) >= 11 is 7.16. The second-order valence-electron chi connectivity index (χ2n) is 5.97. The number of halogens is 1. The van der Waals surface area contributed by atoms with Crippen LogP contribution >= 0.6 is 22.9 Å². The molecule has 5 heteroatoms. The molecule has 0 aliphatic heterocycles. The van der Waals surface area contributed by atoms with E-state index >= 15 is 0 Å². The third-order valence-electron chi connectivity index (χ3n) is 3.96. The quantitative estimate of drug-likeness (QED) is 0.351. The van der Waals surface area contributed by atoms with Crippen molar-refractivity contribution in [2.75, 3.05) is 7.11 Å². The fourth-order valence-electron chi connectivity index (χ4n) is 2.51. The van der Waals surface area contributed by atoms with Crippen molar-refractivity contribution in [3.63, 3.8) is 0 Å². The average molecular weight is 399 g/mol. The van der Waals surface area contributed by atoms with Gasteiger partial charge in [-0.15, -0.1) is 11.3 Å². The Bertz CT molecular complexity index is 958. The number of carbonyl (C=O) groups excluding carboxylic acids is 1. The number of allylic oxidation sites excluding steroid dienone is 1. The van der Waals surface area contributed by atoms with Gasteiger partial charge in [0.2, 0.25) is 0 Å². The largest absolute Gasteiger partial charge is 0.496 e. The first kappa shape index (κ1) is 19.2. The standard InChI is InChI=1S/C22H19ClO3S/c1-15-3-7-18(8-4-15)26-14-17-13-16(6-10-20(17)25-2)5-9-19(24)21-11-12-22(23)27-21/h3-13H,14H2,1-2H3/b9-5+. The van der Waals surface area contributed by atoms with E-state index < -0.39 is 0 Å². The molecule has 2 aromatic carbocycles. The Morgan fingerprint density at radius 3 is 2.56 bits per heavy atom. The Morgan fingerprint density at radius 2 is 1.89 bits per heavy atom. The highest BCUT2D eigenvalue weighted by Crippen LogP contribution is 2.24. The maximum Gasteiger partial charge on any atom is 0.195 e. The van der Waals surface area contributed by atoms with Gasteiger partial charge in [-0.2, -0.15) is 0 Å². The van der Waals surface area contributed by atoms with E-state index in [1.807, 2.05) is 49.4 Å². The maximum atomic E-state index is 12.2. The van der Waals surface area contributed by atoms with E-state index in [1.165, 1.54) is 16.9 Å². The Morgan fingerprint density at radius 1 is 1.11 bits per heavy atom. The van der Waals surface area contributed by atoms with Gasteiger partial charge >= 0.3 is 0 Å². The van der Waals surface area contributed by atoms with Crippen LogP contribution in [0.15, 0.2) is 60.7 Å². The van der Waals surface area contributed by atoms with Crippen molar-refractivity contribution in [2.24, 2.45) is 0 Å². The zero-order chi connectivity index (χ0) is 19.2. The van der Waals surface area contributed by atoms with Crippen LogP contribution in [-0.2, 0) is 6.61 Å². The van der Waals surface area contributed by atoms with E-state index in [0.29, 0.717) is 15.8 Å². The molecule has 3 rings (SSSR count). The molecule has 0 unspecified atom stereocenters. The van der Waals surface area contributed by atoms with Crippen molar-refractivity contribution >= 4 is 34.8 Å². The van der Waals surface area contributed by atoms with Crippen LogP contribution in [0.1, 0.15) is 26.4 Å². The minimum Gasteiger partial charge on any atom is -0.496 e. The van der Waals surface area contributed by atoms with Gasteiger partial charge in [0.25, 0.3) is 0 Å². The van der Waals surface area contributed by atoms with Gasteiger partial charge in [-0.05, 0) is 55.0 Å². The summed E-state index contributed by atoms with van der Waals surface area (Å²) in [4.78, 5) is 12.8. The predicted molar refractivity (Wildman–Crippen MR) is 111 cm³/mol. The van der Waals surface area contributed by atoms with Crippen molar-refractivity contribution in [1.29, 1.82) is 0 Å². The van der Waals surface area contributed by atoms with Crippen LogP contribution in [0.3, 0.4) is 0 Å². The number of thiophene rings is 1. The third-order valence-corrected chi connectivity index (χ3v) is 5.21. The lowest BCUT2D eigenvalue weighted by Gasteiger charge is -2.11. The lowest BCUT2D eigenvalue weighted by atomic mass is 10.1. The number of hydrogen-bond acceptors (Lipinski definition) is 4. The molecule has 0 amide bonds. The van der Waals surface area contributed by atoms with Crippen LogP contribution in [-0.4, -0.2) is 12.9 Å². The fourth-order valence-corrected chi connectivity index (χ4v) is 3.47. The highest BCUT2D eigenvalue weighted by Gasteiger charge is 2.07. The van der Waals surface area contributed by atoms with Crippen molar-refractivity contribution in [1.82, 2.24) is 0 Å². The molecule has 0 spiro atoms. The summed E-state index contributed by atoms with van der Waals surface area (Å²) in [6, 6.07) is 17.1. The molecule has 0 atom stereocenters. The zero-order valence-corrected chi connectivity index (χ0v) is 16.6. The molecule has 0 aliphatic carbocycles. The number of benzene rings is 2. The maximum absolute atomic E-state index is 12.2. The van der Waals surface area contributed by atoms with Crippen LogP contribution in [0.25, 0.3) is 6.08 Å². The predicted octanol–water partition coefficient (Wildman–Crippen LogP) is 6.19. The molecule has 1 aromatic heterocycles. The van der Waals surface area contributed by atoms with Gasteiger partial charge in [0.15, 0.2) is 5.78 Å². The monoisotopic (exact) mass is 398 g/mol. The molecule has 0 bridgehead atoms. The normalized spacial score (nSPS) is 10.9. The molecule has 0 radical (unpaired) electrons. The molecule has 3 aromatic rings. The van der Waals surface area contributed by atoms with Gasteiger partial charge in [0.1, 0.15) is 18.1 Å². The number of hydrogen-bond donors (Lipinski definition) is 0. The summed E-state index contributed by atoms with van der Waals surface area (Å²) in [7, 11) is 1.63. The number of aryl methyl sites for hydroxylation is 1. The van der Waals surface area contributed by atoms with Crippen LogP contribution in [0.5, 0.6) is 11.5 Å². The molecule has 0 N–H and O–H groups in total. The molecule has 3 nitrogen and oxygen atoms in total. The first-order valence-corrected chi connectivity index (χ1v) is 9.59. The third kappa shape index (κ3) is 5.22. The van der Waals surface area contributed by atoms with Gasteiger partial charge in [-0.3, -0.25) is 4.79 Å². The Hall–Kier alpha value is -2.56. The second-order valence-corrected chi connectivity index (χ2v) is 7.69. The van der Waals surface area contributed by atoms with Gasteiger partial charge in [-0.1, -0.05) is 41.4 Å². The molecule has 138 valence electrons. The highest BCUT2D eigenvalue weighted by atomic mass is 35.5. The first-order chi connectivity index (χ1) is 13.0. The minimum atomic E-state index is -0.0693. The minimum absolute atomic E-state index is 0.0693. The van der Waals surface area contributed by atoms with Crippen LogP contribution in [0, 0.1) is 6.92 Å². The summed E-state index contributed by atoms with van der Waals surface area (Å²) in [6.07, 6.45) is 3.33. The number of carbonyl (C=O) groups is 1. The van der Waals surface area contributed by atoms with E-state index in [1.54, 1.807) is 31.4 Å². The lowest BCUT2D eigenvalue weighted by Crippen LogP contribution is -1.99. The van der Waals surface area contributed by atoms with Gasteiger partial charge < -0.3 is 9.47 Å². The van der Waals surface area contributed by atoms with Crippen molar-refractivity contribution < 1.29 is 14.3 Å². The number of ketones is 1. The summed E-state index contributed by atoms with van der Waals surface area (Å²) in [6.45, 7) is 2.41. The zero-order valence-electron chi connectivity index (χ0n) is 15.1. The number of methoxy groups -OCH3 is 1. The molecule has 27 heavy (non-hydrogen) atoms. The Balaban J connectivity index is 1.73. The molecular weight excluding hydrogens is 380 g/mol. The van der Waals surface area contributed by atoms with Gasteiger partial charge in [0, 0.05) is 5.56 Å². The molecule has 0 saturated heterocycles. The van der Waals surface area contributed by atoms with Gasteiger partial charge in [-0.25, -0.2) is 0 Å². The fraction of sp³-hybridized carbons (Fsp3) is 0.136. The van der Waals surface area contributed by atoms with E-state index in [2.05, 4.69) is 0 Å². The van der Waals surface area contributed by atoms with E-state index in [-0.39, 0.29) is 5.78 Å². The SMILES string of the molecule is COc1ccc(/C=C/C(=O)c2ccc(Cl)s2)cc1COc1ccc(C)cc1. The topological polar surface area (TPSA) is 35.5 Å². The van der Waals surface area contributed by atoms with E-state index in [4.69, 9.17) is 21.1 Å². The number of rotatable bonds is 7. The summed E-state index contributed by atoms with van der Waals surface area (Å²) in [5, 5.41) is 0. The summed E-state index contributed by atoms with van der Waals surface area (Å²) in [5.41, 5.74) is 2.99. The van der Waals surface area contributed by atoms with Gasteiger partial charge in [0.05, 0.1) is 16.3 Å². The van der Waals surface area contributed by atoms with Crippen LogP contribution in [0.4, 0.5) is 0 Å². The molecule has 0 saturated carbocycles. The van der Waals surface area contributed by atoms with Crippen LogP contribution < -0.4 is 9.47 Å². The average Bonchev–Trinajstić information content (AvgIpc) is 3.12. The van der Waals surface area contributed by atoms with Crippen molar-refractivity contribution in [3.8, 4) is 11.5 Å². The van der Waals surface area contributed by atoms with Crippen LogP contribution in [0.2, 0.25) is 4.34 Å². The summed E-state index contributed by atoms with van der Waals surface area (Å²) < 4.78 is 11.9. The number of ether oxygens (including phenoxy) is 2. The van der Waals surface area contributed by atoms with Crippen molar-refractivity contribution in [3.05, 3.63) is 86.6 Å². The molecule has 1 heterocycles. The molecule has 0 fully saturated rings. The molecule has 0 aliphatic rings. The Labute approximate surface area is 167 Å². The molecular formula is C22H19ClO3S. The van der Waals surface area contributed by atoms with E-state index in [0.717, 1.165) is 22.6 Å². The van der Waals surface area contributed by atoms with Crippen molar-refractivity contribution in [2.45, 2.75) is 13.5 Å². The smallest absolute Gasteiger partial charge is 0.195 e. The lowest BCUT2D eigenvalue weighted by molar-refractivity contribution is 0.105.